The molecular formula is C17H15NO3. The molecule has 2 aromatic carbocycles. The Morgan fingerprint density at radius 3 is 2.67 bits per heavy atom. The number of aromatic nitrogens is 1. The zero-order chi connectivity index (χ0) is 14.8. The zero-order valence-electron chi connectivity index (χ0n) is 11.6. The highest BCUT2D eigenvalue weighted by molar-refractivity contribution is 6.02. The van der Waals surface area contributed by atoms with Crippen LogP contribution in [0.3, 0.4) is 0 Å². The van der Waals surface area contributed by atoms with E-state index in [1.54, 1.807) is 18.3 Å². The van der Waals surface area contributed by atoms with Crippen molar-refractivity contribution in [1.82, 2.24) is 4.98 Å². The predicted molar refractivity (Wildman–Crippen MR) is 80.8 cm³/mol. The van der Waals surface area contributed by atoms with Crippen molar-refractivity contribution in [3.05, 3.63) is 65.4 Å². The second-order valence-electron chi connectivity index (χ2n) is 4.95. The molecule has 0 amide bonds. The van der Waals surface area contributed by atoms with Crippen LogP contribution in [0.15, 0.2) is 48.7 Å². The van der Waals surface area contributed by atoms with Gasteiger partial charge in [-0.3, -0.25) is 0 Å². The van der Waals surface area contributed by atoms with Crippen molar-refractivity contribution in [1.29, 1.82) is 0 Å². The van der Waals surface area contributed by atoms with Crippen LogP contribution in [0.2, 0.25) is 0 Å². The number of carbonyl (C=O) groups is 1. The Labute approximate surface area is 122 Å². The maximum atomic E-state index is 11.2. The summed E-state index contributed by atoms with van der Waals surface area (Å²) in [6, 6.07) is 13.1. The highest BCUT2D eigenvalue weighted by Gasteiger charge is 2.12. The normalized spacial score (nSPS) is 10.7. The number of benzene rings is 2. The molecule has 0 saturated heterocycles. The van der Waals surface area contributed by atoms with Gasteiger partial charge in [-0.05, 0) is 25.1 Å². The molecule has 106 valence electrons. The molecule has 0 unspecified atom stereocenters. The quantitative estimate of drug-likeness (QED) is 0.765. The lowest BCUT2D eigenvalue weighted by Gasteiger charge is -2.06. The van der Waals surface area contributed by atoms with Crippen molar-refractivity contribution in [2.75, 3.05) is 0 Å². The maximum absolute atomic E-state index is 11.2. The number of para-hydroxylation sites is 1. The summed E-state index contributed by atoms with van der Waals surface area (Å²) in [5.41, 5.74) is 3.02. The van der Waals surface area contributed by atoms with Gasteiger partial charge in [-0.25, -0.2) is 4.79 Å². The number of nitrogens with one attached hydrogen (secondary N) is 1. The Hall–Kier alpha value is -2.75. The average molecular weight is 281 g/mol. The number of aromatic amines is 1. The molecule has 0 aliphatic heterocycles. The summed E-state index contributed by atoms with van der Waals surface area (Å²) in [5.74, 6) is -0.141. The van der Waals surface area contributed by atoms with Gasteiger partial charge in [0.2, 0.25) is 0 Å². The Balaban J connectivity index is 1.86. The topological polar surface area (TPSA) is 62.3 Å². The first kappa shape index (κ1) is 13.2. The second-order valence-corrected chi connectivity index (χ2v) is 4.95. The predicted octanol–water partition coefficient (Wildman–Crippen LogP) is 3.75. The monoisotopic (exact) mass is 281 g/mol. The van der Waals surface area contributed by atoms with E-state index in [-0.39, 0.29) is 5.56 Å². The number of hydrogen-bond donors (Lipinski definition) is 2. The van der Waals surface area contributed by atoms with E-state index in [1.807, 2.05) is 37.3 Å². The number of ether oxygens (including phenoxy) is 1. The summed E-state index contributed by atoms with van der Waals surface area (Å²) in [7, 11) is 0. The molecule has 4 nitrogen and oxygen atoms in total. The number of fused-ring (bicyclic) bond motifs is 1. The minimum Gasteiger partial charge on any atom is -0.489 e. The summed E-state index contributed by atoms with van der Waals surface area (Å²) in [6.07, 6.45) is 1.80. The molecule has 1 aromatic heterocycles. The highest BCUT2D eigenvalue weighted by Crippen LogP contribution is 2.23. The number of rotatable bonds is 4. The smallest absolute Gasteiger partial charge is 0.337 e. The lowest BCUT2D eigenvalue weighted by Crippen LogP contribution is -1.97. The van der Waals surface area contributed by atoms with Gasteiger partial charge >= 0.3 is 5.97 Å². The highest BCUT2D eigenvalue weighted by atomic mass is 16.5. The first-order valence-electron chi connectivity index (χ1n) is 6.67. The largest absolute Gasteiger partial charge is 0.489 e. The lowest BCUT2D eigenvalue weighted by molar-refractivity contribution is 0.0699. The first-order valence-corrected chi connectivity index (χ1v) is 6.67. The van der Waals surface area contributed by atoms with Crippen molar-refractivity contribution < 1.29 is 14.6 Å². The molecule has 0 aliphatic rings. The van der Waals surface area contributed by atoms with E-state index in [0.29, 0.717) is 12.1 Å². The number of aryl methyl sites for hydroxylation is 1. The molecular weight excluding hydrogens is 266 g/mol. The second kappa shape index (κ2) is 5.32. The SMILES string of the molecule is Cc1ccc(OCc2c[nH]c3c(C(=O)O)cccc23)cc1. The van der Waals surface area contributed by atoms with Crippen LogP contribution in [0.25, 0.3) is 10.9 Å². The van der Waals surface area contributed by atoms with Gasteiger partial charge in [0, 0.05) is 17.1 Å². The molecule has 0 saturated carbocycles. The number of aromatic carboxylic acids is 1. The van der Waals surface area contributed by atoms with Gasteiger partial charge in [0.25, 0.3) is 0 Å². The van der Waals surface area contributed by atoms with Crippen LogP contribution in [-0.2, 0) is 6.61 Å². The molecule has 0 fully saturated rings. The van der Waals surface area contributed by atoms with Crippen LogP contribution in [-0.4, -0.2) is 16.1 Å². The van der Waals surface area contributed by atoms with E-state index in [2.05, 4.69) is 4.98 Å². The Bertz CT molecular complexity index is 787. The van der Waals surface area contributed by atoms with Crippen LogP contribution in [0.5, 0.6) is 5.75 Å². The van der Waals surface area contributed by atoms with Crippen LogP contribution >= 0.6 is 0 Å². The summed E-state index contributed by atoms with van der Waals surface area (Å²) >= 11 is 0. The van der Waals surface area contributed by atoms with Gasteiger partial charge < -0.3 is 14.8 Å². The summed E-state index contributed by atoms with van der Waals surface area (Å²) in [6.45, 7) is 2.42. The van der Waals surface area contributed by atoms with Gasteiger partial charge in [0.1, 0.15) is 12.4 Å². The van der Waals surface area contributed by atoms with Crippen LogP contribution in [0.1, 0.15) is 21.5 Å². The van der Waals surface area contributed by atoms with Gasteiger partial charge in [0.15, 0.2) is 0 Å². The number of carboxylic acid groups (broad SMARTS) is 1. The van der Waals surface area contributed by atoms with Crippen LogP contribution < -0.4 is 4.74 Å². The Morgan fingerprint density at radius 2 is 1.95 bits per heavy atom. The molecule has 0 spiro atoms. The van der Waals surface area contributed by atoms with Gasteiger partial charge in [-0.2, -0.15) is 0 Å². The Morgan fingerprint density at radius 1 is 1.19 bits per heavy atom. The fraction of sp³-hybridized carbons (Fsp3) is 0.118. The molecule has 3 rings (SSSR count). The molecule has 1 heterocycles. The third kappa shape index (κ3) is 2.60. The minimum atomic E-state index is -0.937. The van der Waals surface area contributed by atoms with Crippen molar-refractivity contribution in [2.45, 2.75) is 13.5 Å². The number of hydrogen-bond acceptors (Lipinski definition) is 2. The molecule has 0 aliphatic carbocycles. The maximum Gasteiger partial charge on any atom is 0.337 e. The Kier molecular flexibility index (Phi) is 3.36. The molecule has 0 radical (unpaired) electrons. The molecule has 21 heavy (non-hydrogen) atoms. The standard InChI is InChI=1S/C17H15NO3/c1-11-5-7-13(8-6-11)21-10-12-9-18-16-14(12)3-2-4-15(16)17(19)20/h2-9,18H,10H2,1H3,(H,19,20). The van der Waals surface area contributed by atoms with E-state index in [1.165, 1.54) is 5.56 Å². The summed E-state index contributed by atoms with van der Waals surface area (Å²) in [4.78, 5) is 14.2. The fourth-order valence-electron chi connectivity index (χ4n) is 2.31. The average Bonchev–Trinajstić information content (AvgIpc) is 2.89. The third-order valence-corrected chi connectivity index (χ3v) is 3.45. The van der Waals surface area contributed by atoms with Gasteiger partial charge in [-0.1, -0.05) is 29.8 Å². The van der Waals surface area contributed by atoms with Crippen molar-refractivity contribution in [2.24, 2.45) is 0 Å². The minimum absolute atomic E-state index is 0.272. The van der Waals surface area contributed by atoms with Crippen molar-refractivity contribution in [3.8, 4) is 5.75 Å². The third-order valence-electron chi connectivity index (χ3n) is 3.45. The van der Waals surface area contributed by atoms with Crippen LogP contribution in [0.4, 0.5) is 0 Å². The fourth-order valence-corrected chi connectivity index (χ4v) is 2.31. The number of carboxylic acids is 1. The van der Waals surface area contributed by atoms with E-state index in [9.17, 15) is 9.90 Å². The first-order chi connectivity index (χ1) is 10.1. The van der Waals surface area contributed by atoms with E-state index >= 15 is 0 Å². The van der Waals surface area contributed by atoms with Gasteiger partial charge in [0.05, 0.1) is 11.1 Å². The van der Waals surface area contributed by atoms with Gasteiger partial charge in [-0.15, -0.1) is 0 Å². The zero-order valence-corrected chi connectivity index (χ0v) is 11.6. The lowest BCUT2D eigenvalue weighted by atomic mass is 10.1. The molecule has 0 atom stereocenters. The van der Waals surface area contributed by atoms with Crippen LogP contribution in [0, 0.1) is 6.92 Å². The number of H-pyrrole nitrogens is 1. The molecule has 2 N–H and O–H groups in total. The molecule has 3 aromatic rings. The van der Waals surface area contributed by atoms with E-state index < -0.39 is 5.97 Å². The molecule has 0 bridgehead atoms. The van der Waals surface area contributed by atoms with E-state index in [0.717, 1.165) is 16.7 Å². The summed E-state index contributed by atoms with van der Waals surface area (Å²) < 4.78 is 5.75. The van der Waals surface area contributed by atoms with Crippen molar-refractivity contribution in [3.63, 3.8) is 0 Å². The van der Waals surface area contributed by atoms with E-state index in [4.69, 9.17) is 4.74 Å². The summed E-state index contributed by atoms with van der Waals surface area (Å²) in [5, 5.41) is 10.1. The van der Waals surface area contributed by atoms with Crippen molar-refractivity contribution >= 4 is 16.9 Å². The molecule has 4 heteroatoms.